The normalized spacial score (nSPS) is 14.3. The number of nitrogens with one attached hydrogen (secondary N) is 3. The summed E-state index contributed by atoms with van der Waals surface area (Å²) < 4.78 is 13.4. The van der Waals surface area contributed by atoms with Crippen molar-refractivity contribution >= 4 is 23.6 Å². The highest BCUT2D eigenvalue weighted by Crippen LogP contribution is 2.18. The van der Waals surface area contributed by atoms with Crippen molar-refractivity contribution in [2.75, 3.05) is 19.8 Å². The van der Waals surface area contributed by atoms with E-state index in [0.29, 0.717) is 31.5 Å². The first kappa shape index (κ1) is 19.6. The smallest absolute Gasteiger partial charge is 0.220 e. The molecule has 25 heavy (non-hydrogen) atoms. The van der Waals surface area contributed by atoms with Crippen molar-refractivity contribution in [1.29, 1.82) is 0 Å². The van der Waals surface area contributed by atoms with Crippen molar-refractivity contribution in [3.63, 3.8) is 0 Å². The molecule has 1 aromatic carbocycles. The van der Waals surface area contributed by atoms with Gasteiger partial charge in [0.25, 0.3) is 0 Å². The first-order valence-electron chi connectivity index (χ1n) is 8.62. The summed E-state index contributed by atoms with van der Waals surface area (Å²) >= 11 is 1.67. The van der Waals surface area contributed by atoms with E-state index in [1.807, 2.05) is 12.3 Å². The number of aliphatic imine (C=N–C) groups is 1. The molecule has 0 saturated heterocycles. The minimum Gasteiger partial charge on any atom is -0.356 e. The highest BCUT2D eigenvalue weighted by Gasteiger charge is 2.22. The van der Waals surface area contributed by atoms with Crippen molar-refractivity contribution in [3.05, 3.63) is 35.1 Å². The fourth-order valence-electron chi connectivity index (χ4n) is 2.44. The molecule has 138 valence electrons. The molecular weight excluding hydrogens is 339 g/mol. The molecule has 0 unspecified atom stereocenters. The SMILES string of the molecule is CN=C(NCCCC(=O)NC1CC1)NCc1ccc(F)cc1CSC. The van der Waals surface area contributed by atoms with Crippen LogP contribution in [0.4, 0.5) is 4.39 Å². The molecule has 3 N–H and O–H groups in total. The zero-order valence-corrected chi connectivity index (χ0v) is 15.7. The van der Waals surface area contributed by atoms with Gasteiger partial charge in [-0.25, -0.2) is 4.39 Å². The van der Waals surface area contributed by atoms with Crippen molar-refractivity contribution in [2.24, 2.45) is 4.99 Å². The minimum atomic E-state index is -0.209. The number of guanidine groups is 1. The van der Waals surface area contributed by atoms with Crippen LogP contribution in [-0.2, 0) is 17.1 Å². The Morgan fingerprint density at radius 3 is 2.80 bits per heavy atom. The lowest BCUT2D eigenvalue weighted by Gasteiger charge is -2.14. The second kappa shape index (κ2) is 10.3. The second-order valence-electron chi connectivity index (χ2n) is 6.14. The lowest BCUT2D eigenvalue weighted by Crippen LogP contribution is -2.38. The van der Waals surface area contributed by atoms with Crippen molar-refractivity contribution < 1.29 is 9.18 Å². The molecule has 1 aliphatic rings. The standard InChI is InChI=1S/C18H27FN4OS/c1-20-18(21-9-3-4-17(24)23-16-7-8-16)22-11-13-5-6-15(19)10-14(13)12-25-2/h5-6,10,16H,3-4,7-9,11-12H2,1-2H3,(H,23,24)(H2,20,21,22). The van der Waals surface area contributed by atoms with E-state index in [1.165, 1.54) is 6.07 Å². The van der Waals surface area contributed by atoms with Gasteiger partial charge < -0.3 is 16.0 Å². The Balaban J connectivity index is 1.71. The maximum absolute atomic E-state index is 13.4. The molecule has 2 rings (SSSR count). The van der Waals surface area contributed by atoms with Crippen LogP contribution >= 0.6 is 11.8 Å². The predicted octanol–water partition coefficient (Wildman–Crippen LogP) is 2.41. The molecule has 0 atom stereocenters. The van der Waals surface area contributed by atoms with Crippen molar-refractivity contribution in [2.45, 2.75) is 44.0 Å². The molecule has 5 nitrogen and oxygen atoms in total. The van der Waals surface area contributed by atoms with Gasteiger partial charge in [-0.1, -0.05) is 6.07 Å². The summed E-state index contributed by atoms with van der Waals surface area (Å²) in [7, 11) is 1.71. The fraction of sp³-hybridized carbons (Fsp3) is 0.556. The number of benzene rings is 1. The molecule has 1 saturated carbocycles. The van der Waals surface area contributed by atoms with Gasteiger partial charge in [-0.3, -0.25) is 9.79 Å². The maximum Gasteiger partial charge on any atom is 0.220 e. The van der Waals surface area contributed by atoms with Crippen LogP contribution < -0.4 is 16.0 Å². The van der Waals surface area contributed by atoms with Crippen molar-refractivity contribution in [1.82, 2.24) is 16.0 Å². The molecule has 1 aliphatic carbocycles. The van der Waals surface area contributed by atoms with Gasteiger partial charge >= 0.3 is 0 Å². The van der Waals surface area contributed by atoms with Gasteiger partial charge in [0.2, 0.25) is 5.91 Å². The number of amides is 1. The summed E-state index contributed by atoms with van der Waals surface area (Å²) in [5.41, 5.74) is 2.05. The number of halogens is 1. The Labute approximate surface area is 153 Å². The van der Waals surface area contributed by atoms with Crippen LogP contribution in [0.2, 0.25) is 0 Å². The number of thioether (sulfide) groups is 1. The quantitative estimate of drug-likeness (QED) is 0.357. The molecule has 1 aromatic rings. The summed E-state index contributed by atoms with van der Waals surface area (Å²) in [5.74, 6) is 1.37. The van der Waals surface area contributed by atoms with Crippen LogP contribution in [0.5, 0.6) is 0 Å². The van der Waals surface area contributed by atoms with E-state index < -0.39 is 0 Å². The van der Waals surface area contributed by atoms with Gasteiger partial charge in [-0.05, 0) is 48.8 Å². The summed E-state index contributed by atoms with van der Waals surface area (Å²) in [4.78, 5) is 15.8. The Morgan fingerprint density at radius 2 is 2.12 bits per heavy atom. The first-order chi connectivity index (χ1) is 12.1. The molecule has 1 amide bonds. The summed E-state index contributed by atoms with van der Waals surface area (Å²) in [6.07, 6.45) is 5.51. The fourth-order valence-corrected chi connectivity index (χ4v) is 3.02. The number of nitrogens with zero attached hydrogens (tertiary/aromatic N) is 1. The predicted molar refractivity (Wildman–Crippen MR) is 102 cm³/mol. The molecule has 0 radical (unpaired) electrons. The Hall–Kier alpha value is -1.76. The lowest BCUT2D eigenvalue weighted by molar-refractivity contribution is -0.121. The Kier molecular flexibility index (Phi) is 8.04. The topological polar surface area (TPSA) is 65.5 Å². The van der Waals surface area contributed by atoms with Gasteiger partial charge in [0.1, 0.15) is 5.82 Å². The van der Waals surface area contributed by atoms with E-state index in [4.69, 9.17) is 0 Å². The molecule has 0 spiro atoms. The zero-order chi connectivity index (χ0) is 18.1. The van der Waals surface area contributed by atoms with E-state index in [-0.39, 0.29) is 11.7 Å². The van der Waals surface area contributed by atoms with Crippen LogP contribution in [0.25, 0.3) is 0 Å². The van der Waals surface area contributed by atoms with E-state index >= 15 is 0 Å². The van der Waals surface area contributed by atoms with Gasteiger partial charge in [0.15, 0.2) is 5.96 Å². The average Bonchev–Trinajstić information content (AvgIpc) is 3.40. The molecule has 7 heteroatoms. The Morgan fingerprint density at radius 1 is 1.32 bits per heavy atom. The van der Waals surface area contributed by atoms with Crippen LogP contribution in [0.15, 0.2) is 23.2 Å². The summed E-state index contributed by atoms with van der Waals surface area (Å²) in [6, 6.07) is 5.29. The molecule has 0 bridgehead atoms. The third kappa shape index (κ3) is 7.34. The molecule has 0 heterocycles. The Bertz CT molecular complexity index is 605. The average molecular weight is 367 g/mol. The van der Waals surface area contributed by atoms with E-state index in [1.54, 1.807) is 24.9 Å². The van der Waals surface area contributed by atoms with Gasteiger partial charge in [0.05, 0.1) is 0 Å². The van der Waals surface area contributed by atoms with Gasteiger partial charge in [-0.2, -0.15) is 11.8 Å². The number of hydrogen-bond donors (Lipinski definition) is 3. The highest BCUT2D eigenvalue weighted by atomic mass is 32.2. The maximum atomic E-state index is 13.4. The molecule has 0 aliphatic heterocycles. The third-order valence-electron chi connectivity index (χ3n) is 3.95. The highest BCUT2D eigenvalue weighted by molar-refractivity contribution is 7.97. The minimum absolute atomic E-state index is 0.125. The molecule has 0 aromatic heterocycles. The number of carbonyl (C=O) groups excluding carboxylic acids is 1. The van der Waals surface area contributed by atoms with Crippen LogP contribution in [0.3, 0.4) is 0 Å². The summed E-state index contributed by atoms with van der Waals surface area (Å²) in [5, 5.41) is 9.43. The third-order valence-corrected chi connectivity index (χ3v) is 4.55. The zero-order valence-electron chi connectivity index (χ0n) is 14.9. The van der Waals surface area contributed by atoms with E-state index in [0.717, 1.165) is 36.1 Å². The monoisotopic (exact) mass is 366 g/mol. The molecular formula is C18H27FN4OS. The van der Waals surface area contributed by atoms with Gasteiger partial charge in [-0.15, -0.1) is 0 Å². The van der Waals surface area contributed by atoms with E-state index in [2.05, 4.69) is 20.9 Å². The number of carbonyl (C=O) groups is 1. The number of rotatable bonds is 9. The van der Waals surface area contributed by atoms with E-state index in [9.17, 15) is 9.18 Å². The largest absolute Gasteiger partial charge is 0.356 e. The van der Waals surface area contributed by atoms with Crippen molar-refractivity contribution in [3.8, 4) is 0 Å². The lowest BCUT2D eigenvalue weighted by atomic mass is 10.1. The van der Waals surface area contributed by atoms with Crippen LogP contribution in [-0.4, -0.2) is 37.8 Å². The number of hydrogen-bond acceptors (Lipinski definition) is 3. The molecule has 1 fully saturated rings. The van der Waals surface area contributed by atoms with Crippen LogP contribution in [0, 0.1) is 5.82 Å². The van der Waals surface area contributed by atoms with Crippen LogP contribution in [0.1, 0.15) is 36.8 Å². The summed E-state index contributed by atoms with van der Waals surface area (Å²) in [6.45, 7) is 1.26. The first-order valence-corrected chi connectivity index (χ1v) is 10.0. The van der Waals surface area contributed by atoms with Gasteiger partial charge in [0, 0.05) is 38.4 Å². The second-order valence-corrected chi connectivity index (χ2v) is 7.01.